The van der Waals surface area contributed by atoms with E-state index in [2.05, 4.69) is 26.7 Å². The molecule has 7 nitrogen and oxygen atoms in total. The van der Waals surface area contributed by atoms with Crippen LogP contribution >= 0.6 is 11.3 Å². The molecule has 2 heterocycles. The summed E-state index contributed by atoms with van der Waals surface area (Å²) in [7, 11) is -3.68. The van der Waals surface area contributed by atoms with Crippen molar-refractivity contribution in [1.82, 2.24) is 9.88 Å². The first-order chi connectivity index (χ1) is 15.4. The molecule has 0 spiro atoms. The predicted molar refractivity (Wildman–Crippen MR) is 128 cm³/mol. The number of aromatic nitrogens is 1. The van der Waals surface area contributed by atoms with Crippen LogP contribution in [0.4, 0.5) is 10.8 Å². The third-order valence-electron chi connectivity index (χ3n) is 5.45. The summed E-state index contributed by atoms with van der Waals surface area (Å²) in [5.41, 5.74) is 2.89. The van der Waals surface area contributed by atoms with Crippen LogP contribution in [0.5, 0.6) is 0 Å². The zero-order valence-corrected chi connectivity index (χ0v) is 19.5. The van der Waals surface area contributed by atoms with Crippen LogP contribution in [0, 0.1) is 6.92 Å². The number of amides is 1. The summed E-state index contributed by atoms with van der Waals surface area (Å²) in [4.78, 5) is 21.4. The van der Waals surface area contributed by atoms with E-state index in [1.807, 2.05) is 30.0 Å². The lowest BCUT2D eigenvalue weighted by Gasteiger charge is -2.36. The highest BCUT2D eigenvalue weighted by atomic mass is 32.2. The number of thiazole rings is 1. The van der Waals surface area contributed by atoms with Crippen LogP contribution in [0.25, 0.3) is 0 Å². The molecular formula is C23H26N4O3S2. The van der Waals surface area contributed by atoms with Gasteiger partial charge in [-0.1, -0.05) is 35.9 Å². The van der Waals surface area contributed by atoms with Crippen molar-refractivity contribution in [2.45, 2.75) is 24.7 Å². The molecule has 4 rings (SSSR count). The number of hydrogen-bond acceptors (Lipinski definition) is 6. The molecule has 168 valence electrons. The fraction of sp³-hybridized carbons (Fsp3) is 0.304. The number of carbonyl (C=O) groups excluding carboxylic acids is 1. The lowest BCUT2D eigenvalue weighted by molar-refractivity contribution is -0.131. The number of aryl methyl sites for hydroxylation is 2. The van der Waals surface area contributed by atoms with Crippen LogP contribution < -0.4 is 9.62 Å². The van der Waals surface area contributed by atoms with Gasteiger partial charge in [-0.05, 0) is 37.6 Å². The number of sulfonamides is 1. The zero-order valence-electron chi connectivity index (χ0n) is 17.9. The van der Waals surface area contributed by atoms with Gasteiger partial charge < -0.3 is 9.80 Å². The number of nitrogens with zero attached hydrogens (tertiary/aromatic N) is 3. The molecule has 1 N–H and O–H groups in total. The van der Waals surface area contributed by atoms with Crippen molar-refractivity contribution in [2.75, 3.05) is 35.8 Å². The van der Waals surface area contributed by atoms with Gasteiger partial charge in [-0.3, -0.25) is 9.52 Å². The quantitative estimate of drug-likeness (QED) is 0.571. The summed E-state index contributed by atoms with van der Waals surface area (Å²) in [6.07, 6.45) is 0.847. The van der Waals surface area contributed by atoms with Crippen LogP contribution in [0.2, 0.25) is 0 Å². The number of benzene rings is 2. The molecule has 1 saturated heterocycles. The minimum absolute atomic E-state index is 0.104. The van der Waals surface area contributed by atoms with Gasteiger partial charge in [0.25, 0.3) is 10.0 Å². The number of rotatable bonds is 7. The van der Waals surface area contributed by atoms with Crippen molar-refractivity contribution < 1.29 is 13.2 Å². The van der Waals surface area contributed by atoms with Crippen molar-refractivity contribution in [2.24, 2.45) is 0 Å². The Balaban J connectivity index is 1.27. The summed E-state index contributed by atoms with van der Waals surface area (Å²) in [6, 6.07) is 16.9. The molecule has 2 aromatic carbocycles. The van der Waals surface area contributed by atoms with Gasteiger partial charge in [-0.2, -0.15) is 0 Å². The molecule has 1 fully saturated rings. The van der Waals surface area contributed by atoms with Gasteiger partial charge in [-0.15, -0.1) is 11.3 Å². The Bertz CT molecular complexity index is 1150. The lowest BCUT2D eigenvalue weighted by Crippen LogP contribution is -2.48. The van der Waals surface area contributed by atoms with Crippen LogP contribution in [0.1, 0.15) is 17.7 Å². The molecule has 0 bridgehead atoms. The van der Waals surface area contributed by atoms with Gasteiger partial charge in [0.2, 0.25) is 5.91 Å². The van der Waals surface area contributed by atoms with E-state index in [0.717, 1.165) is 18.7 Å². The fourth-order valence-corrected chi connectivity index (χ4v) is 5.60. The standard InChI is InChI=1S/C23H26N4O3S2/c1-18-7-10-21(11-8-18)32(29,30)25-23-24-19(17-31-23)9-12-22(28)27-15-13-26(14-16-27)20-5-3-2-4-6-20/h2-8,10-11,17H,9,12-16H2,1H3,(H,24,25). The monoisotopic (exact) mass is 470 g/mol. The Labute approximate surface area is 192 Å². The van der Waals surface area contributed by atoms with Crippen molar-refractivity contribution in [3.63, 3.8) is 0 Å². The molecule has 0 atom stereocenters. The van der Waals surface area contributed by atoms with Crippen LogP contribution in [-0.2, 0) is 21.2 Å². The fourth-order valence-electron chi connectivity index (χ4n) is 3.61. The summed E-state index contributed by atoms with van der Waals surface area (Å²) < 4.78 is 27.6. The second-order valence-electron chi connectivity index (χ2n) is 7.77. The molecule has 3 aromatic rings. The zero-order chi connectivity index (χ0) is 22.6. The molecule has 1 aliphatic heterocycles. The van der Waals surface area contributed by atoms with E-state index in [-0.39, 0.29) is 10.8 Å². The van der Waals surface area contributed by atoms with Gasteiger partial charge in [-0.25, -0.2) is 13.4 Å². The predicted octanol–water partition coefficient (Wildman–Crippen LogP) is 3.53. The summed E-state index contributed by atoms with van der Waals surface area (Å²) in [6.45, 7) is 4.94. The highest BCUT2D eigenvalue weighted by Crippen LogP contribution is 2.22. The van der Waals surface area contributed by atoms with E-state index in [4.69, 9.17) is 0 Å². The number of hydrogen-bond donors (Lipinski definition) is 1. The molecule has 0 aliphatic carbocycles. The van der Waals surface area contributed by atoms with Crippen LogP contribution in [0.3, 0.4) is 0 Å². The second-order valence-corrected chi connectivity index (χ2v) is 10.3. The number of piperazine rings is 1. The molecule has 0 saturated carbocycles. The topological polar surface area (TPSA) is 82.6 Å². The molecule has 1 aromatic heterocycles. The first-order valence-electron chi connectivity index (χ1n) is 10.5. The minimum atomic E-state index is -3.68. The van der Waals surface area contributed by atoms with Gasteiger partial charge in [0.05, 0.1) is 10.6 Å². The Morgan fingerprint density at radius 2 is 1.72 bits per heavy atom. The Morgan fingerprint density at radius 1 is 1.03 bits per heavy atom. The highest BCUT2D eigenvalue weighted by Gasteiger charge is 2.21. The van der Waals surface area contributed by atoms with E-state index >= 15 is 0 Å². The Hall–Kier alpha value is -2.91. The molecule has 0 unspecified atom stereocenters. The van der Waals surface area contributed by atoms with E-state index < -0.39 is 10.0 Å². The van der Waals surface area contributed by atoms with Crippen LogP contribution in [-0.4, -0.2) is 50.4 Å². The number of carbonyl (C=O) groups is 1. The lowest BCUT2D eigenvalue weighted by atomic mass is 10.2. The summed E-state index contributed by atoms with van der Waals surface area (Å²) >= 11 is 1.23. The van der Waals surface area contributed by atoms with Gasteiger partial charge in [0.15, 0.2) is 5.13 Å². The summed E-state index contributed by atoms with van der Waals surface area (Å²) in [5.74, 6) is 0.104. The first kappa shape index (κ1) is 22.3. The molecule has 32 heavy (non-hydrogen) atoms. The van der Waals surface area contributed by atoms with Crippen molar-refractivity contribution >= 4 is 38.1 Å². The normalized spacial score (nSPS) is 14.4. The van der Waals surface area contributed by atoms with Crippen molar-refractivity contribution in [1.29, 1.82) is 0 Å². The third kappa shape index (κ3) is 5.46. The van der Waals surface area contributed by atoms with Crippen molar-refractivity contribution in [3.8, 4) is 0 Å². The highest BCUT2D eigenvalue weighted by molar-refractivity contribution is 7.93. The number of nitrogens with one attached hydrogen (secondary N) is 1. The van der Waals surface area contributed by atoms with Crippen molar-refractivity contribution in [3.05, 3.63) is 71.2 Å². The number of anilines is 2. The maximum absolute atomic E-state index is 12.6. The average Bonchev–Trinajstić information content (AvgIpc) is 3.25. The third-order valence-corrected chi connectivity index (χ3v) is 7.74. The van der Waals surface area contributed by atoms with Crippen LogP contribution in [0.15, 0.2) is 64.9 Å². The maximum atomic E-state index is 12.6. The van der Waals surface area contributed by atoms with E-state index in [9.17, 15) is 13.2 Å². The molecular weight excluding hydrogens is 444 g/mol. The van der Waals surface area contributed by atoms with Gasteiger partial charge in [0, 0.05) is 43.7 Å². The molecule has 1 amide bonds. The second kappa shape index (κ2) is 9.70. The van der Waals surface area contributed by atoms with E-state index in [1.54, 1.807) is 29.6 Å². The van der Waals surface area contributed by atoms with Gasteiger partial charge >= 0.3 is 0 Å². The Kier molecular flexibility index (Phi) is 6.76. The summed E-state index contributed by atoms with van der Waals surface area (Å²) in [5, 5.41) is 2.11. The number of para-hydroxylation sites is 1. The van der Waals surface area contributed by atoms with Gasteiger partial charge in [0.1, 0.15) is 0 Å². The molecule has 9 heteroatoms. The Morgan fingerprint density at radius 3 is 2.41 bits per heavy atom. The van der Waals surface area contributed by atoms with E-state index in [0.29, 0.717) is 36.8 Å². The smallest absolute Gasteiger partial charge is 0.263 e. The first-order valence-corrected chi connectivity index (χ1v) is 12.9. The maximum Gasteiger partial charge on any atom is 0.263 e. The SMILES string of the molecule is Cc1ccc(S(=O)(=O)Nc2nc(CCC(=O)N3CCN(c4ccccc4)CC3)cs2)cc1. The largest absolute Gasteiger partial charge is 0.368 e. The molecule has 0 radical (unpaired) electrons. The minimum Gasteiger partial charge on any atom is -0.368 e. The molecule has 1 aliphatic rings. The van der Waals surface area contributed by atoms with E-state index in [1.165, 1.54) is 17.0 Å². The average molecular weight is 471 g/mol.